The highest BCUT2D eigenvalue weighted by Crippen LogP contribution is 2.43. The van der Waals surface area contributed by atoms with Gasteiger partial charge in [0.25, 0.3) is 0 Å². The van der Waals surface area contributed by atoms with E-state index < -0.39 is 0 Å². The number of hydrogen-bond acceptors (Lipinski definition) is 3. The van der Waals surface area contributed by atoms with Crippen LogP contribution in [-0.2, 0) is 0 Å². The van der Waals surface area contributed by atoms with E-state index >= 15 is 0 Å². The fraction of sp³-hybridized carbons (Fsp3) is 0. The number of para-hydroxylation sites is 1. The summed E-state index contributed by atoms with van der Waals surface area (Å²) in [5.41, 5.74) is 13.5. The van der Waals surface area contributed by atoms with Gasteiger partial charge in [-0.2, -0.15) is 0 Å². The van der Waals surface area contributed by atoms with Gasteiger partial charge >= 0.3 is 0 Å². The summed E-state index contributed by atoms with van der Waals surface area (Å²) in [4.78, 5) is 10.2. The van der Waals surface area contributed by atoms with Gasteiger partial charge < -0.3 is 4.42 Å². The minimum absolute atomic E-state index is 0.698. The maximum absolute atomic E-state index is 6.88. The first-order valence-corrected chi connectivity index (χ1v) is 19.3. The Labute approximate surface area is 330 Å². The van der Waals surface area contributed by atoms with Gasteiger partial charge in [-0.25, -0.2) is 9.97 Å². The van der Waals surface area contributed by atoms with Crippen LogP contribution in [0.2, 0.25) is 0 Å². The molecule has 0 atom stereocenters. The summed E-state index contributed by atoms with van der Waals surface area (Å²) in [6.45, 7) is 0. The number of aromatic nitrogens is 2. The summed E-state index contributed by atoms with van der Waals surface area (Å²) in [5, 5.41) is 6.89. The molecule has 0 fully saturated rings. The Hall–Kier alpha value is -7.62. The smallest absolute Gasteiger partial charge is 0.160 e. The van der Waals surface area contributed by atoms with E-state index in [1.807, 2.05) is 24.3 Å². The average molecular weight is 727 g/mol. The zero-order valence-electron chi connectivity index (χ0n) is 30.9. The second kappa shape index (κ2) is 13.6. The lowest BCUT2D eigenvalue weighted by Crippen LogP contribution is -1.96. The first-order valence-electron chi connectivity index (χ1n) is 19.3. The average Bonchev–Trinajstić information content (AvgIpc) is 3.68. The third-order valence-electron chi connectivity index (χ3n) is 11.1. The molecule has 3 nitrogen and oxygen atoms in total. The van der Waals surface area contributed by atoms with Crippen LogP contribution in [0.5, 0.6) is 0 Å². The van der Waals surface area contributed by atoms with Crippen molar-refractivity contribution in [1.29, 1.82) is 0 Å². The number of nitrogens with zero attached hydrogens (tertiary/aromatic N) is 2. The van der Waals surface area contributed by atoms with Crippen molar-refractivity contribution in [3.05, 3.63) is 206 Å². The lowest BCUT2D eigenvalue weighted by Gasteiger charge is -2.12. The van der Waals surface area contributed by atoms with Crippen molar-refractivity contribution in [1.82, 2.24) is 9.97 Å². The molecule has 2 aromatic heterocycles. The van der Waals surface area contributed by atoms with Crippen molar-refractivity contribution in [2.45, 2.75) is 0 Å². The van der Waals surface area contributed by atoms with Crippen molar-refractivity contribution in [2.75, 3.05) is 0 Å². The third-order valence-corrected chi connectivity index (χ3v) is 11.1. The molecule has 0 aliphatic carbocycles. The number of benzene rings is 9. The van der Waals surface area contributed by atoms with Crippen LogP contribution in [0.1, 0.15) is 0 Å². The Morgan fingerprint density at radius 1 is 0.281 bits per heavy atom. The minimum Gasteiger partial charge on any atom is -0.455 e. The van der Waals surface area contributed by atoms with Crippen LogP contribution in [0.25, 0.3) is 111 Å². The van der Waals surface area contributed by atoms with E-state index in [1.54, 1.807) is 0 Å². The predicted molar refractivity (Wildman–Crippen MR) is 237 cm³/mol. The maximum Gasteiger partial charge on any atom is 0.160 e. The van der Waals surface area contributed by atoms with Crippen LogP contribution in [0.4, 0.5) is 0 Å². The standard InChI is InChI=1S/C54H34N2O/c1-3-14-35(15-4-1)40-20-11-21-41(32-40)51-34-50(55-54(56-51)39-17-5-2-6-18-39)38-30-28-37(29-31-38)48-33-49-47-27-13-26-46(43-25-12-19-36-16-7-8-22-42(36)43)52(47)57-53(49)45-24-10-9-23-44(45)48/h1-34H. The third kappa shape index (κ3) is 5.76. The molecule has 0 saturated heterocycles. The van der Waals surface area contributed by atoms with E-state index in [0.717, 1.165) is 83.0 Å². The lowest BCUT2D eigenvalue weighted by atomic mass is 9.93. The molecule has 0 unspecified atom stereocenters. The van der Waals surface area contributed by atoms with Gasteiger partial charge in [-0.15, -0.1) is 0 Å². The molecule has 0 radical (unpaired) electrons. The van der Waals surface area contributed by atoms with Gasteiger partial charge in [0.15, 0.2) is 5.82 Å². The van der Waals surface area contributed by atoms with Crippen LogP contribution in [0.15, 0.2) is 211 Å². The molecule has 0 aliphatic rings. The van der Waals surface area contributed by atoms with E-state index in [0.29, 0.717) is 5.82 Å². The van der Waals surface area contributed by atoms with E-state index in [4.69, 9.17) is 14.4 Å². The molecule has 11 rings (SSSR count). The Kier molecular flexibility index (Phi) is 7.82. The zero-order valence-corrected chi connectivity index (χ0v) is 30.9. The summed E-state index contributed by atoms with van der Waals surface area (Å²) in [6.07, 6.45) is 0. The van der Waals surface area contributed by atoms with Gasteiger partial charge in [-0.1, -0.05) is 188 Å². The SMILES string of the molecule is c1ccc(-c2cccc(-c3cc(-c4ccc(-c5cc6c7cccc(-c8cccc9ccccc89)c7oc6c6ccccc56)cc4)nc(-c4ccccc4)n3)c2)cc1. The van der Waals surface area contributed by atoms with Gasteiger partial charge in [0.1, 0.15) is 11.2 Å². The van der Waals surface area contributed by atoms with Crippen LogP contribution < -0.4 is 0 Å². The summed E-state index contributed by atoms with van der Waals surface area (Å²) in [6, 6.07) is 72.6. The minimum atomic E-state index is 0.698. The second-order valence-corrected chi connectivity index (χ2v) is 14.5. The quantitative estimate of drug-likeness (QED) is 0.171. The predicted octanol–water partition coefficient (Wildman–Crippen LogP) is 14.7. The van der Waals surface area contributed by atoms with Gasteiger partial charge in [0.2, 0.25) is 0 Å². The Balaban J connectivity index is 1.03. The molecule has 9 aromatic carbocycles. The molecular formula is C54H34N2O. The van der Waals surface area contributed by atoms with Gasteiger partial charge in [-0.3, -0.25) is 0 Å². The molecule has 0 N–H and O–H groups in total. The molecule has 0 spiro atoms. The Bertz CT molecular complexity index is 3270. The van der Waals surface area contributed by atoms with Crippen LogP contribution in [0, 0.1) is 0 Å². The number of rotatable bonds is 6. The first-order chi connectivity index (χ1) is 28.2. The van der Waals surface area contributed by atoms with Crippen LogP contribution in [0.3, 0.4) is 0 Å². The fourth-order valence-corrected chi connectivity index (χ4v) is 8.30. The highest BCUT2D eigenvalue weighted by atomic mass is 16.3. The second-order valence-electron chi connectivity index (χ2n) is 14.5. The molecule has 57 heavy (non-hydrogen) atoms. The molecule has 0 amide bonds. The highest BCUT2D eigenvalue weighted by Gasteiger charge is 2.19. The lowest BCUT2D eigenvalue weighted by molar-refractivity contribution is 0.674. The monoisotopic (exact) mass is 726 g/mol. The Morgan fingerprint density at radius 3 is 1.63 bits per heavy atom. The number of furan rings is 1. The molecule has 2 heterocycles. The molecule has 0 saturated carbocycles. The Morgan fingerprint density at radius 2 is 0.825 bits per heavy atom. The summed E-state index contributed by atoms with van der Waals surface area (Å²) < 4.78 is 6.88. The van der Waals surface area contributed by atoms with Crippen molar-refractivity contribution in [3.8, 4) is 67.3 Å². The number of hydrogen-bond donors (Lipinski definition) is 0. The zero-order chi connectivity index (χ0) is 37.7. The topological polar surface area (TPSA) is 38.9 Å². The van der Waals surface area contributed by atoms with Crippen molar-refractivity contribution in [2.24, 2.45) is 0 Å². The molecule has 266 valence electrons. The molecule has 0 bridgehead atoms. The van der Waals surface area contributed by atoms with E-state index in [-0.39, 0.29) is 0 Å². The van der Waals surface area contributed by atoms with E-state index in [9.17, 15) is 0 Å². The van der Waals surface area contributed by atoms with Crippen molar-refractivity contribution < 1.29 is 4.42 Å². The fourth-order valence-electron chi connectivity index (χ4n) is 8.30. The van der Waals surface area contributed by atoms with Gasteiger partial charge in [0, 0.05) is 38.4 Å². The summed E-state index contributed by atoms with van der Waals surface area (Å²) in [5.74, 6) is 0.698. The van der Waals surface area contributed by atoms with Gasteiger partial charge in [0.05, 0.1) is 11.4 Å². The van der Waals surface area contributed by atoms with Crippen molar-refractivity contribution in [3.63, 3.8) is 0 Å². The first kappa shape index (κ1) is 32.8. The van der Waals surface area contributed by atoms with E-state index in [1.165, 1.54) is 21.9 Å². The van der Waals surface area contributed by atoms with Crippen LogP contribution >= 0.6 is 0 Å². The summed E-state index contributed by atoms with van der Waals surface area (Å²) >= 11 is 0. The highest BCUT2D eigenvalue weighted by molar-refractivity contribution is 6.21. The molecular weight excluding hydrogens is 693 g/mol. The largest absolute Gasteiger partial charge is 0.455 e. The van der Waals surface area contributed by atoms with Gasteiger partial charge in [-0.05, 0) is 62.2 Å². The molecule has 11 aromatic rings. The maximum atomic E-state index is 6.88. The summed E-state index contributed by atoms with van der Waals surface area (Å²) in [7, 11) is 0. The number of fused-ring (bicyclic) bond motifs is 6. The van der Waals surface area contributed by atoms with Crippen LogP contribution in [-0.4, -0.2) is 9.97 Å². The van der Waals surface area contributed by atoms with E-state index in [2.05, 4.69) is 182 Å². The molecule has 3 heteroatoms. The molecule has 0 aliphatic heterocycles. The normalized spacial score (nSPS) is 11.5. The van der Waals surface area contributed by atoms with Crippen molar-refractivity contribution >= 4 is 43.5 Å².